The number of methoxy groups -OCH3 is 1. The van der Waals surface area contributed by atoms with E-state index in [1.807, 2.05) is 0 Å². The third-order valence-corrected chi connectivity index (χ3v) is 4.90. The molecule has 0 radical (unpaired) electrons. The van der Waals surface area contributed by atoms with E-state index >= 15 is 0 Å². The van der Waals surface area contributed by atoms with Crippen molar-refractivity contribution in [2.24, 2.45) is 5.10 Å². The lowest BCUT2D eigenvalue weighted by Crippen LogP contribution is -2.10. The van der Waals surface area contributed by atoms with Crippen molar-refractivity contribution in [1.82, 2.24) is 10.2 Å². The van der Waals surface area contributed by atoms with Crippen molar-refractivity contribution < 1.29 is 9.47 Å². The second kappa shape index (κ2) is 9.65. The van der Waals surface area contributed by atoms with Crippen LogP contribution in [-0.2, 0) is 6.61 Å². The van der Waals surface area contributed by atoms with Gasteiger partial charge in [0.1, 0.15) is 17.3 Å². The maximum Gasteiger partial charge on any atom is 0.285 e. The van der Waals surface area contributed by atoms with Crippen LogP contribution in [0, 0.1) is 0 Å². The lowest BCUT2D eigenvalue weighted by atomic mass is 10.2. The van der Waals surface area contributed by atoms with Gasteiger partial charge in [0.25, 0.3) is 5.56 Å². The van der Waals surface area contributed by atoms with E-state index in [2.05, 4.69) is 20.7 Å². The second-order valence-corrected chi connectivity index (χ2v) is 6.89. The minimum absolute atomic E-state index is 0.0308. The van der Waals surface area contributed by atoms with Crippen molar-refractivity contribution in [3.8, 4) is 11.5 Å². The summed E-state index contributed by atoms with van der Waals surface area (Å²) in [6.07, 6.45) is 2.90. The van der Waals surface area contributed by atoms with Gasteiger partial charge in [-0.25, -0.2) is 5.10 Å². The highest BCUT2D eigenvalue weighted by Gasteiger charge is 2.10. The number of hydrogen-bond donors (Lipinski definition) is 2. The molecule has 29 heavy (non-hydrogen) atoms. The zero-order valence-electron chi connectivity index (χ0n) is 15.1. The number of hydrogen-bond acceptors (Lipinski definition) is 6. The Kier molecular flexibility index (Phi) is 6.98. The summed E-state index contributed by atoms with van der Waals surface area (Å²) in [6.45, 7) is 0.192. The van der Waals surface area contributed by atoms with Crippen LogP contribution in [0.4, 0.5) is 5.69 Å². The first-order chi connectivity index (χ1) is 14.0. The molecule has 7 nitrogen and oxygen atoms in total. The van der Waals surface area contributed by atoms with E-state index in [1.165, 1.54) is 19.5 Å². The van der Waals surface area contributed by atoms with Gasteiger partial charge < -0.3 is 9.47 Å². The Hall–Kier alpha value is -2.74. The number of hydrazone groups is 1. The van der Waals surface area contributed by atoms with Crippen molar-refractivity contribution in [3.05, 3.63) is 79.1 Å². The van der Waals surface area contributed by atoms with Gasteiger partial charge in [0.15, 0.2) is 11.5 Å². The van der Waals surface area contributed by atoms with Crippen LogP contribution in [0.2, 0.25) is 15.1 Å². The minimum atomic E-state index is -0.506. The summed E-state index contributed by atoms with van der Waals surface area (Å²) in [5.74, 6) is 1.03. The Morgan fingerprint density at radius 1 is 1.17 bits per heavy atom. The SMILES string of the molecule is COc1cc(/C=N\Nc2cn[nH]c(=O)c2Cl)ccc1OCc1c(Cl)cccc1Cl. The average Bonchev–Trinajstić information content (AvgIpc) is 2.71. The molecule has 0 aliphatic heterocycles. The van der Waals surface area contributed by atoms with Gasteiger partial charge in [0, 0.05) is 15.6 Å². The van der Waals surface area contributed by atoms with Crippen molar-refractivity contribution in [2.75, 3.05) is 12.5 Å². The molecule has 0 aliphatic carbocycles. The number of nitrogens with one attached hydrogen (secondary N) is 2. The molecule has 0 aliphatic rings. The van der Waals surface area contributed by atoms with Crippen LogP contribution in [0.25, 0.3) is 0 Å². The predicted molar refractivity (Wildman–Crippen MR) is 115 cm³/mol. The normalized spacial score (nSPS) is 10.9. The number of ether oxygens (including phenoxy) is 2. The molecule has 2 N–H and O–H groups in total. The smallest absolute Gasteiger partial charge is 0.285 e. The Morgan fingerprint density at radius 3 is 2.66 bits per heavy atom. The van der Waals surface area contributed by atoms with Crippen LogP contribution in [0.1, 0.15) is 11.1 Å². The quantitative estimate of drug-likeness (QED) is 0.397. The first-order valence-electron chi connectivity index (χ1n) is 8.25. The summed E-state index contributed by atoms with van der Waals surface area (Å²) in [5.41, 5.74) is 3.87. The van der Waals surface area contributed by atoms with Gasteiger partial charge in [-0.2, -0.15) is 10.2 Å². The van der Waals surface area contributed by atoms with E-state index < -0.39 is 5.56 Å². The zero-order valence-corrected chi connectivity index (χ0v) is 17.3. The molecule has 0 spiro atoms. The molecule has 0 bridgehead atoms. The molecular formula is C19H15Cl3N4O3. The van der Waals surface area contributed by atoms with E-state index in [4.69, 9.17) is 44.3 Å². The van der Waals surface area contributed by atoms with Gasteiger partial charge in [-0.3, -0.25) is 10.2 Å². The fourth-order valence-corrected chi connectivity index (χ4v) is 2.98. The number of H-pyrrole nitrogens is 1. The molecule has 0 saturated heterocycles. The maximum absolute atomic E-state index is 11.4. The van der Waals surface area contributed by atoms with E-state index in [-0.39, 0.29) is 17.3 Å². The van der Waals surface area contributed by atoms with E-state index in [9.17, 15) is 4.79 Å². The zero-order chi connectivity index (χ0) is 20.8. The summed E-state index contributed by atoms with van der Waals surface area (Å²) in [7, 11) is 1.53. The fraction of sp³-hybridized carbons (Fsp3) is 0.105. The van der Waals surface area contributed by atoms with Crippen LogP contribution in [0.5, 0.6) is 11.5 Å². The average molecular weight is 454 g/mol. The van der Waals surface area contributed by atoms with Gasteiger partial charge in [-0.05, 0) is 35.9 Å². The molecule has 0 unspecified atom stereocenters. The lowest BCUT2D eigenvalue weighted by molar-refractivity contribution is 0.284. The number of aromatic nitrogens is 2. The Balaban J connectivity index is 1.71. The Labute approximate surface area is 181 Å². The van der Waals surface area contributed by atoms with Crippen molar-refractivity contribution in [2.45, 2.75) is 6.61 Å². The molecule has 0 fully saturated rings. The minimum Gasteiger partial charge on any atom is -0.493 e. The van der Waals surface area contributed by atoms with E-state index in [0.29, 0.717) is 27.1 Å². The molecule has 1 aromatic heterocycles. The van der Waals surface area contributed by atoms with E-state index in [0.717, 1.165) is 5.56 Å². The standard InChI is InChI=1S/C19H15Cl3N4O3/c1-28-17-7-11(8-23-25-15-9-24-26-19(27)18(15)22)5-6-16(17)29-10-12-13(20)3-2-4-14(12)21/h2-9H,10H2,1H3,(H2,25,26,27)/b23-8-. The van der Waals surface area contributed by atoms with Gasteiger partial charge in [0.2, 0.25) is 0 Å². The number of benzene rings is 2. The number of anilines is 1. The molecule has 1 heterocycles. The molecule has 0 atom stereocenters. The second-order valence-electron chi connectivity index (χ2n) is 5.70. The van der Waals surface area contributed by atoms with Crippen LogP contribution < -0.4 is 20.5 Å². The van der Waals surface area contributed by atoms with Gasteiger partial charge in [-0.15, -0.1) is 0 Å². The maximum atomic E-state index is 11.4. The highest BCUT2D eigenvalue weighted by Crippen LogP contribution is 2.31. The van der Waals surface area contributed by atoms with Crippen molar-refractivity contribution in [1.29, 1.82) is 0 Å². The molecule has 0 saturated carbocycles. The number of rotatable bonds is 7. The molecular weight excluding hydrogens is 439 g/mol. The lowest BCUT2D eigenvalue weighted by Gasteiger charge is -2.13. The first kappa shape index (κ1) is 21.0. The molecule has 150 valence electrons. The van der Waals surface area contributed by atoms with E-state index in [1.54, 1.807) is 36.4 Å². The predicted octanol–water partition coefficient (Wildman–Crippen LogP) is 4.76. The van der Waals surface area contributed by atoms with Crippen LogP contribution >= 0.6 is 34.8 Å². The summed E-state index contributed by atoms with van der Waals surface area (Å²) >= 11 is 18.2. The third kappa shape index (κ3) is 5.20. The molecule has 2 aromatic carbocycles. The third-order valence-electron chi connectivity index (χ3n) is 3.82. The number of nitrogens with zero attached hydrogens (tertiary/aromatic N) is 2. The molecule has 3 rings (SSSR count). The number of halogens is 3. The Morgan fingerprint density at radius 2 is 1.93 bits per heavy atom. The van der Waals surface area contributed by atoms with Crippen LogP contribution in [0.3, 0.4) is 0 Å². The van der Waals surface area contributed by atoms with Gasteiger partial charge in [0.05, 0.1) is 19.5 Å². The summed E-state index contributed by atoms with van der Waals surface area (Å²) < 4.78 is 11.2. The monoisotopic (exact) mass is 452 g/mol. The molecule has 3 aromatic rings. The topological polar surface area (TPSA) is 88.6 Å². The molecule has 0 amide bonds. The van der Waals surface area contributed by atoms with Gasteiger partial charge >= 0.3 is 0 Å². The first-order valence-corrected chi connectivity index (χ1v) is 9.39. The van der Waals surface area contributed by atoms with Crippen LogP contribution in [0.15, 0.2) is 52.5 Å². The van der Waals surface area contributed by atoms with Crippen molar-refractivity contribution in [3.63, 3.8) is 0 Å². The highest BCUT2D eigenvalue weighted by atomic mass is 35.5. The summed E-state index contributed by atoms with van der Waals surface area (Å²) in [4.78, 5) is 11.4. The summed E-state index contributed by atoms with van der Waals surface area (Å²) in [6, 6.07) is 10.5. The summed E-state index contributed by atoms with van der Waals surface area (Å²) in [5, 5.41) is 11.0. The number of aromatic amines is 1. The van der Waals surface area contributed by atoms with Crippen molar-refractivity contribution >= 4 is 46.7 Å². The Bertz CT molecular complexity index is 1080. The largest absolute Gasteiger partial charge is 0.493 e. The molecule has 10 heteroatoms. The fourth-order valence-electron chi connectivity index (χ4n) is 2.34. The van der Waals surface area contributed by atoms with Crippen LogP contribution in [-0.4, -0.2) is 23.5 Å². The highest BCUT2D eigenvalue weighted by molar-refractivity contribution is 6.36. The van der Waals surface area contributed by atoms with Gasteiger partial charge in [-0.1, -0.05) is 40.9 Å².